The number of carbonyl (C=O) groups is 2. The summed E-state index contributed by atoms with van der Waals surface area (Å²) in [6.45, 7) is 0.355. The molecule has 0 aliphatic carbocycles. The molecule has 0 bridgehead atoms. The predicted molar refractivity (Wildman–Crippen MR) is 82.2 cm³/mol. The molecule has 0 aliphatic heterocycles. The minimum atomic E-state index is -1.20. The maximum Gasteiger partial charge on any atom is 0.356 e. The van der Waals surface area contributed by atoms with Crippen molar-refractivity contribution in [1.82, 2.24) is 15.3 Å². The molecule has 0 saturated heterocycles. The van der Waals surface area contributed by atoms with Gasteiger partial charge in [-0.15, -0.1) is 0 Å². The van der Waals surface area contributed by atoms with Crippen molar-refractivity contribution >= 4 is 11.9 Å². The number of aliphatic hydroxyl groups is 1. The van der Waals surface area contributed by atoms with Crippen LogP contribution in [0, 0.1) is 0 Å². The van der Waals surface area contributed by atoms with Crippen molar-refractivity contribution in [1.29, 1.82) is 0 Å². The van der Waals surface area contributed by atoms with Crippen LogP contribution in [0.3, 0.4) is 0 Å². The monoisotopic (exact) mass is 315 g/mol. The predicted octanol–water partition coefficient (Wildman–Crippen LogP) is 1.07. The van der Waals surface area contributed by atoms with Crippen LogP contribution in [-0.2, 0) is 0 Å². The summed E-state index contributed by atoms with van der Waals surface area (Å²) in [5.41, 5.74) is 0.851. The van der Waals surface area contributed by atoms with E-state index in [4.69, 9.17) is 5.11 Å². The second-order valence-electron chi connectivity index (χ2n) is 4.92. The number of aromatic carboxylic acids is 1. The summed E-state index contributed by atoms with van der Waals surface area (Å²) in [5.74, 6) is -1.65. The zero-order valence-corrected chi connectivity index (χ0v) is 12.3. The van der Waals surface area contributed by atoms with Gasteiger partial charge in [-0.3, -0.25) is 4.79 Å². The highest BCUT2D eigenvalue weighted by atomic mass is 16.4. The molecule has 1 heterocycles. The molecular formula is C16H17N3O4. The van der Waals surface area contributed by atoms with E-state index in [9.17, 15) is 14.7 Å². The molecule has 7 heteroatoms. The topological polar surface area (TPSA) is 112 Å². The fraction of sp³-hybridized carbons (Fsp3) is 0.250. The highest BCUT2D eigenvalue weighted by molar-refractivity contribution is 5.92. The van der Waals surface area contributed by atoms with Crippen LogP contribution < -0.4 is 5.32 Å². The van der Waals surface area contributed by atoms with E-state index in [1.807, 2.05) is 30.3 Å². The lowest BCUT2D eigenvalue weighted by Gasteiger charge is -2.17. The number of amides is 1. The van der Waals surface area contributed by atoms with Crippen molar-refractivity contribution in [3.05, 3.63) is 59.7 Å². The van der Waals surface area contributed by atoms with E-state index in [2.05, 4.69) is 15.3 Å². The first kappa shape index (κ1) is 16.6. The lowest BCUT2D eigenvalue weighted by molar-refractivity contribution is 0.0689. The number of aliphatic hydroxyl groups excluding tert-OH is 1. The maximum atomic E-state index is 12.0. The summed E-state index contributed by atoms with van der Waals surface area (Å²) in [4.78, 5) is 30.2. The Hall–Kier alpha value is -2.80. The van der Waals surface area contributed by atoms with Gasteiger partial charge in [0.1, 0.15) is 5.69 Å². The minimum absolute atomic E-state index is 0.0164. The van der Waals surface area contributed by atoms with Crippen LogP contribution in [0.15, 0.2) is 42.7 Å². The minimum Gasteiger partial charge on any atom is -0.476 e. The quantitative estimate of drug-likeness (QED) is 0.704. The second kappa shape index (κ2) is 8.00. The lowest BCUT2D eigenvalue weighted by atomic mass is 9.96. The number of carboxylic acid groups (broad SMARTS) is 1. The molecule has 23 heavy (non-hydrogen) atoms. The molecular weight excluding hydrogens is 298 g/mol. The summed E-state index contributed by atoms with van der Waals surface area (Å²) < 4.78 is 0. The van der Waals surface area contributed by atoms with E-state index in [1.165, 1.54) is 0 Å². The normalized spacial score (nSPS) is 11.7. The number of carbonyl (C=O) groups excluding carboxylic acids is 1. The molecule has 0 fully saturated rings. The molecule has 1 aromatic heterocycles. The molecule has 3 N–H and O–H groups in total. The molecule has 1 aromatic carbocycles. The number of rotatable bonds is 7. The van der Waals surface area contributed by atoms with Crippen molar-refractivity contribution in [2.24, 2.45) is 0 Å². The van der Waals surface area contributed by atoms with Crippen molar-refractivity contribution in [2.75, 3.05) is 13.2 Å². The average molecular weight is 315 g/mol. The number of benzene rings is 1. The molecule has 1 atom stereocenters. The van der Waals surface area contributed by atoms with Crippen LogP contribution >= 0.6 is 0 Å². The molecule has 2 rings (SSSR count). The molecule has 1 amide bonds. The third-order valence-corrected chi connectivity index (χ3v) is 3.36. The summed E-state index contributed by atoms with van der Waals surface area (Å²) in [6.07, 6.45) is 2.69. The number of carboxylic acids is 1. The van der Waals surface area contributed by atoms with Crippen molar-refractivity contribution in [3.63, 3.8) is 0 Å². The van der Waals surface area contributed by atoms with Crippen LogP contribution in [0.2, 0.25) is 0 Å². The third kappa shape index (κ3) is 4.58. The molecule has 7 nitrogen and oxygen atoms in total. The van der Waals surface area contributed by atoms with Crippen molar-refractivity contribution < 1.29 is 19.8 Å². The molecule has 0 saturated carbocycles. The molecule has 0 spiro atoms. The Kier molecular flexibility index (Phi) is 5.76. The van der Waals surface area contributed by atoms with Gasteiger partial charge in [0.25, 0.3) is 5.91 Å². The average Bonchev–Trinajstić information content (AvgIpc) is 2.59. The van der Waals surface area contributed by atoms with E-state index in [0.717, 1.165) is 18.0 Å². The number of aromatic nitrogens is 2. The maximum absolute atomic E-state index is 12.0. The highest BCUT2D eigenvalue weighted by Gasteiger charge is 2.15. The number of nitrogens with one attached hydrogen (secondary N) is 1. The van der Waals surface area contributed by atoms with Crippen molar-refractivity contribution in [2.45, 2.75) is 12.3 Å². The molecule has 2 aromatic rings. The highest BCUT2D eigenvalue weighted by Crippen LogP contribution is 2.18. The Labute approximate surface area is 133 Å². The summed E-state index contributed by atoms with van der Waals surface area (Å²) in [6, 6.07) is 9.58. The Morgan fingerprint density at radius 3 is 2.30 bits per heavy atom. The van der Waals surface area contributed by atoms with E-state index < -0.39 is 11.9 Å². The Balaban J connectivity index is 2.00. The van der Waals surface area contributed by atoms with Gasteiger partial charge < -0.3 is 15.5 Å². The summed E-state index contributed by atoms with van der Waals surface area (Å²) in [7, 11) is 0. The van der Waals surface area contributed by atoms with Gasteiger partial charge in [0.05, 0.1) is 12.4 Å². The Morgan fingerprint density at radius 2 is 1.74 bits per heavy atom. The fourth-order valence-electron chi connectivity index (χ4n) is 2.13. The lowest BCUT2D eigenvalue weighted by Crippen LogP contribution is -2.29. The van der Waals surface area contributed by atoms with E-state index in [1.54, 1.807) is 0 Å². The Bertz CT molecular complexity index is 659. The molecule has 0 radical (unpaired) electrons. The Morgan fingerprint density at radius 1 is 1.09 bits per heavy atom. The van der Waals surface area contributed by atoms with Crippen LogP contribution in [0.4, 0.5) is 0 Å². The summed E-state index contributed by atoms with van der Waals surface area (Å²) in [5, 5.41) is 20.7. The molecule has 0 aliphatic rings. The number of nitrogens with zero attached hydrogens (tertiary/aromatic N) is 2. The smallest absolute Gasteiger partial charge is 0.356 e. The third-order valence-electron chi connectivity index (χ3n) is 3.36. The van der Waals surface area contributed by atoms with Gasteiger partial charge in [-0.25, -0.2) is 14.8 Å². The van der Waals surface area contributed by atoms with Crippen LogP contribution in [-0.4, -0.2) is 45.2 Å². The van der Waals surface area contributed by atoms with Gasteiger partial charge in [0.2, 0.25) is 0 Å². The van der Waals surface area contributed by atoms with Crippen LogP contribution in [0.1, 0.15) is 38.9 Å². The first-order valence-corrected chi connectivity index (χ1v) is 7.11. The summed E-state index contributed by atoms with van der Waals surface area (Å²) >= 11 is 0. The SMILES string of the molecule is O=C(O)c1cnc(C(=O)NCC(CCO)c2ccccc2)cn1. The van der Waals surface area contributed by atoms with Gasteiger partial charge in [-0.05, 0) is 12.0 Å². The van der Waals surface area contributed by atoms with E-state index in [0.29, 0.717) is 13.0 Å². The van der Waals surface area contributed by atoms with Gasteiger partial charge in [0, 0.05) is 19.1 Å². The largest absolute Gasteiger partial charge is 0.476 e. The first-order chi connectivity index (χ1) is 11.1. The van der Waals surface area contributed by atoms with Crippen LogP contribution in [0.25, 0.3) is 0 Å². The molecule has 120 valence electrons. The number of hydrogen-bond donors (Lipinski definition) is 3. The molecule has 1 unspecified atom stereocenters. The van der Waals surface area contributed by atoms with E-state index >= 15 is 0 Å². The van der Waals surface area contributed by atoms with Gasteiger partial charge in [-0.2, -0.15) is 0 Å². The zero-order valence-electron chi connectivity index (χ0n) is 12.3. The first-order valence-electron chi connectivity index (χ1n) is 7.11. The van der Waals surface area contributed by atoms with Crippen molar-refractivity contribution in [3.8, 4) is 0 Å². The van der Waals surface area contributed by atoms with Crippen LogP contribution in [0.5, 0.6) is 0 Å². The fourth-order valence-corrected chi connectivity index (χ4v) is 2.13. The standard InChI is InChI=1S/C16H17N3O4/c20-7-6-12(11-4-2-1-3-5-11)8-19-15(21)13-9-18-14(10-17-13)16(22)23/h1-5,9-10,12,20H,6-8H2,(H,19,21)(H,22,23). The number of hydrogen-bond acceptors (Lipinski definition) is 5. The van der Waals surface area contributed by atoms with E-state index in [-0.39, 0.29) is 23.9 Å². The van der Waals surface area contributed by atoms with Gasteiger partial charge in [-0.1, -0.05) is 30.3 Å². The second-order valence-corrected chi connectivity index (χ2v) is 4.92. The zero-order chi connectivity index (χ0) is 16.7. The van der Waals surface area contributed by atoms with Gasteiger partial charge >= 0.3 is 5.97 Å². The van der Waals surface area contributed by atoms with Gasteiger partial charge in [0.15, 0.2) is 5.69 Å².